The van der Waals surface area contributed by atoms with Crippen molar-refractivity contribution in [1.82, 2.24) is 14.1 Å². The zero-order valence-corrected chi connectivity index (χ0v) is 16.1. The minimum Gasteiger partial charge on any atom is -0.454 e. The average molecular weight is 403 g/mol. The number of hydrogen-bond acceptors (Lipinski definition) is 6. The SMILES string of the molecule is Cc1c(C2=NS(=O)(=O)N(C)C(C(=O)Nc3ccc4c(c3)OCO4)=C2)cnn1C. The quantitative estimate of drug-likeness (QED) is 0.816. The highest BCUT2D eigenvalue weighted by Gasteiger charge is 2.31. The number of rotatable bonds is 3. The van der Waals surface area contributed by atoms with Crippen molar-refractivity contribution >= 4 is 27.5 Å². The van der Waals surface area contributed by atoms with E-state index in [2.05, 4.69) is 14.8 Å². The van der Waals surface area contributed by atoms with Crippen LogP contribution in [0, 0.1) is 6.92 Å². The molecule has 1 aromatic heterocycles. The van der Waals surface area contributed by atoms with Gasteiger partial charge in [0.15, 0.2) is 11.5 Å². The number of carbonyl (C=O) groups excluding carboxylic acids is 1. The minimum atomic E-state index is -4.05. The number of fused-ring (bicyclic) bond motifs is 1. The van der Waals surface area contributed by atoms with Crippen LogP contribution in [0.1, 0.15) is 11.3 Å². The minimum absolute atomic E-state index is 0.0640. The molecule has 1 amide bonds. The van der Waals surface area contributed by atoms with Gasteiger partial charge in [0.05, 0.1) is 11.9 Å². The third kappa shape index (κ3) is 2.99. The van der Waals surface area contributed by atoms with E-state index in [9.17, 15) is 13.2 Å². The molecular weight excluding hydrogens is 386 g/mol. The molecule has 2 aromatic rings. The first kappa shape index (κ1) is 18.0. The molecule has 0 fully saturated rings. The van der Waals surface area contributed by atoms with E-state index in [0.717, 1.165) is 10.00 Å². The van der Waals surface area contributed by atoms with Gasteiger partial charge in [0.2, 0.25) is 6.79 Å². The molecule has 1 aromatic carbocycles. The Morgan fingerprint density at radius 2 is 1.96 bits per heavy atom. The van der Waals surface area contributed by atoms with Crippen molar-refractivity contribution in [2.75, 3.05) is 19.2 Å². The molecule has 2 aliphatic rings. The summed E-state index contributed by atoms with van der Waals surface area (Å²) in [7, 11) is -1.04. The van der Waals surface area contributed by atoms with E-state index < -0.39 is 16.1 Å². The number of nitrogens with zero attached hydrogens (tertiary/aromatic N) is 4. The van der Waals surface area contributed by atoms with E-state index in [1.165, 1.54) is 19.3 Å². The van der Waals surface area contributed by atoms with Crippen molar-refractivity contribution in [3.8, 4) is 11.5 Å². The normalized spacial score (nSPS) is 17.2. The Kier molecular flexibility index (Phi) is 4.11. The van der Waals surface area contributed by atoms with Crippen molar-refractivity contribution in [3.05, 3.63) is 47.4 Å². The van der Waals surface area contributed by atoms with Gasteiger partial charge in [0, 0.05) is 37.1 Å². The summed E-state index contributed by atoms with van der Waals surface area (Å²) < 4.78 is 41.7. The maximum atomic E-state index is 12.8. The molecule has 10 nitrogen and oxygen atoms in total. The molecule has 3 heterocycles. The summed E-state index contributed by atoms with van der Waals surface area (Å²) in [6, 6.07) is 4.92. The molecule has 1 N–H and O–H groups in total. The predicted molar refractivity (Wildman–Crippen MR) is 100 cm³/mol. The Bertz CT molecular complexity index is 1150. The Morgan fingerprint density at radius 3 is 2.68 bits per heavy atom. The third-order valence-electron chi connectivity index (χ3n) is 4.55. The Morgan fingerprint density at radius 1 is 1.21 bits per heavy atom. The van der Waals surface area contributed by atoms with Gasteiger partial charge in [-0.05, 0) is 25.1 Å². The average Bonchev–Trinajstić information content (AvgIpc) is 3.24. The zero-order chi connectivity index (χ0) is 20.1. The van der Waals surface area contributed by atoms with Crippen molar-refractivity contribution in [1.29, 1.82) is 0 Å². The van der Waals surface area contributed by atoms with Gasteiger partial charge in [-0.1, -0.05) is 0 Å². The monoisotopic (exact) mass is 403 g/mol. The third-order valence-corrected chi connectivity index (χ3v) is 5.86. The molecule has 11 heteroatoms. The number of allylic oxidation sites excluding steroid dienone is 1. The molecule has 4 rings (SSSR count). The van der Waals surface area contributed by atoms with Gasteiger partial charge in [0.1, 0.15) is 5.70 Å². The number of amides is 1. The number of aromatic nitrogens is 2. The second-order valence-electron chi connectivity index (χ2n) is 6.24. The zero-order valence-electron chi connectivity index (χ0n) is 15.3. The van der Waals surface area contributed by atoms with Gasteiger partial charge < -0.3 is 14.8 Å². The van der Waals surface area contributed by atoms with Gasteiger partial charge in [-0.2, -0.15) is 13.5 Å². The van der Waals surface area contributed by atoms with Crippen LogP contribution >= 0.6 is 0 Å². The first-order valence-corrected chi connectivity index (χ1v) is 9.66. The fraction of sp³-hybridized carbons (Fsp3) is 0.235. The van der Waals surface area contributed by atoms with Crippen LogP contribution in [0.25, 0.3) is 0 Å². The highest BCUT2D eigenvalue weighted by molar-refractivity contribution is 7.88. The lowest BCUT2D eigenvalue weighted by Crippen LogP contribution is -2.35. The van der Waals surface area contributed by atoms with Crippen molar-refractivity contribution < 1.29 is 22.7 Å². The summed E-state index contributed by atoms with van der Waals surface area (Å²) >= 11 is 0. The second kappa shape index (κ2) is 6.37. The highest BCUT2D eigenvalue weighted by Crippen LogP contribution is 2.34. The lowest BCUT2D eigenvalue weighted by Gasteiger charge is -2.23. The van der Waals surface area contributed by atoms with Crippen LogP contribution < -0.4 is 14.8 Å². The molecule has 0 spiro atoms. The lowest BCUT2D eigenvalue weighted by atomic mass is 10.1. The van der Waals surface area contributed by atoms with Crippen LogP contribution in [0.2, 0.25) is 0 Å². The van der Waals surface area contributed by atoms with Crippen LogP contribution in [0.3, 0.4) is 0 Å². The maximum absolute atomic E-state index is 12.8. The van der Waals surface area contributed by atoms with E-state index in [1.807, 2.05) is 0 Å². The fourth-order valence-corrected chi connectivity index (χ4v) is 3.72. The van der Waals surface area contributed by atoms with Crippen LogP contribution in [0.4, 0.5) is 5.69 Å². The summed E-state index contributed by atoms with van der Waals surface area (Å²) in [6.45, 7) is 1.90. The molecule has 0 unspecified atom stereocenters. The van der Waals surface area contributed by atoms with Gasteiger partial charge in [-0.15, -0.1) is 4.40 Å². The second-order valence-corrected chi connectivity index (χ2v) is 7.87. The number of carbonyl (C=O) groups is 1. The smallest absolute Gasteiger partial charge is 0.345 e. The Labute approximate surface area is 161 Å². The highest BCUT2D eigenvalue weighted by atomic mass is 32.2. The van der Waals surface area contributed by atoms with Gasteiger partial charge in [0.25, 0.3) is 5.91 Å². The Hall–Kier alpha value is -3.34. The Balaban J connectivity index is 1.67. The van der Waals surface area contributed by atoms with Crippen molar-refractivity contribution in [3.63, 3.8) is 0 Å². The molecule has 0 radical (unpaired) electrons. The van der Waals surface area contributed by atoms with Crippen LogP contribution in [0.5, 0.6) is 11.5 Å². The molecule has 0 saturated heterocycles. The molecule has 2 aliphatic heterocycles. The van der Waals surface area contributed by atoms with Crippen molar-refractivity contribution in [2.45, 2.75) is 6.92 Å². The maximum Gasteiger partial charge on any atom is 0.345 e. The predicted octanol–water partition coefficient (Wildman–Crippen LogP) is 0.959. The van der Waals surface area contributed by atoms with Crippen LogP contribution in [-0.2, 0) is 22.1 Å². The number of nitrogens with one attached hydrogen (secondary N) is 1. The van der Waals surface area contributed by atoms with Gasteiger partial charge in [-0.3, -0.25) is 9.48 Å². The molecule has 0 atom stereocenters. The summed E-state index contributed by atoms with van der Waals surface area (Å²) in [5.74, 6) is 0.486. The lowest BCUT2D eigenvalue weighted by molar-refractivity contribution is -0.113. The van der Waals surface area contributed by atoms with E-state index in [0.29, 0.717) is 22.7 Å². The molecule has 0 aliphatic carbocycles. The first-order chi connectivity index (χ1) is 13.3. The molecule has 28 heavy (non-hydrogen) atoms. The fourth-order valence-electron chi connectivity index (χ4n) is 2.81. The standard InChI is InChI=1S/C17H17N5O5S/c1-10-12(8-18-21(10)2)13-7-14(22(3)28(24,25)20-13)17(23)19-11-4-5-15-16(6-11)27-9-26-15/h4-8H,9H2,1-3H3,(H,19,23). The number of anilines is 1. The number of benzene rings is 1. The summed E-state index contributed by atoms with van der Waals surface area (Å²) in [5, 5.41) is 6.78. The molecular formula is C17H17N5O5S. The number of ether oxygens (including phenoxy) is 2. The van der Waals surface area contributed by atoms with E-state index in [4.69, 9.17) is 9.47 Å². The first-order valence-electron chi connectivity index (χ1n) is 8.27. The number of aryl methyl sites for hydroxylation is 1. The van der Waals surface area contributed by atoms with E-state index >= 15 is 0 Å². The summed E-state index contributed by atoms with van der Waals surface area (Å²) in [5.41, 5.74) is 1.80. The topological polar surface area (TPSA) is 115 Å². The van der Waals surface area contributed by atoms with Gasteiger partial charge in [-0.25, -0.2) is 4.31 Å². The molecule has 0 bridgehead atoms. The number of likely N-dealkylation sites (N-methyl/N-ethyl adjacent to an activating group) is 1. The van der Waals surface area contributed by atoms with E-state index in [1.54, 1.807) is 36.9 Å². The largest absolute Gasteiger partial charge is 0.454 e. The molecule has 0 saturated carbocycles. The number of hydrogen-bond donors (Lipinski definition) is 1. The summed E-state index contributed by atoms with van der Waals surface area (Å²) in [6.07, 6.45) is 2.94. The van der Waals surface area contributed by atoms with Gasteiger partial charge >= 0.3 is 10.2 Å². The molecule has 146 valence electrons. The summed E-state index contributed by atoms with van der Waals surface area (Å²) in [4.78, 5) is 12.8. The van der Waals surface area contributed by atoms with Crippen LogP contribution in [-0.4, -0.2) is 48.0 Å². The van der Waals surface area contributed by atoms with Crippen molar-refractivity contribution in [2.24, 2.45) is 11.4 Å². The van der Waals surface area contributed by atoms with E-state index in [-0.39, 0.29) is 18.2 Å². The van der Waals surface area contributed by atoms with Crippen LogP contribution in [0.15, 0.2) is 40.6 Å².